The number of hydrogen-bond donors (Lipinski definition) is 2. The molecule has 4 nitrogen and oxygen atoms in total. The van der Waals surface area contributed by atoms with Gasteiger partial charge in [-0.05, 0) is 55.3 Å². The summed E-state index contributed by atoms with van der Waals surface area (Å²) in [5, 5.41) is 11.7. The van der Waals surface area contributed by atoms with E-state index in [0.29, 0.717) is 11.3 Å². The van der Waals surface area contributed by atoms with Gasteiger partial charge >= 0.3 is 5.97 Å². The summed E-state index contributed by atoms with van der Waals surface area (Å²) in [6.45, 7) is 3.91. The van der Waals surface area contributed by atoms with Crippen molar-refractivity contribution in [1.29, 1.82) is 0 Å². The van der Waals surface area contributed by atoms with Gasteiger partial charge in [-0.2, -0.15) is 0 Å². The van der Waals surface area contributed by atoms with Gasteiger partial charge in [0.25, 0.3) is 5.91 Å². The molecule has 0 saturated heterocycles. The highest BCUT2D eigenvalue weighted by Crippen LogP contribution is 2.21. The fraction of sp³-hybridized carbons (Fsp3) is 0.125. The van der Waals surface area contributed by atoms with Crippen molar-refractivity contribution in [2.75, 3.05) is 5.32 Å². The van der Waals surface area contributed by atoms with Gasteiger partial charge in [0.05, 0.1) is 10.6 Å². The maximum absolute atomic E-state index is 12.1. The Balaban J connectivity index is 2.21. The van der Waals surface area contributed by atoms with E-state index in [1.54, 1.807) is 12.1 Å². The van der Waals surface area contributed by atoms with Crippen LogP contribution in [-0.4, -0.2) is 17.0 Å². The maximum Gasteiger partial charge on any atom is 0.337 e. The van der Waals surface area contributed by atoms with Crippen molar-refractivity contribution >= 4 is 29.2 Å². The smallest absolute Gasteiger partial charge is 0.337 e. The molecule has 0 bridgehead atoms. The molecule has 2 aromatic rings. The normalized spacial score (nSPS) is 10.2. The van der Waals surface area contributed by atoms with Gasteiger partial charge in [-0.1, -0.05) is 17.7 Å². The monoisotopic (exact) mass is 303 g/mol. The van der Waals surface area contributed by atoms with Crippen LogP contribution in [0.1, 0.15) is 31.8 Å². The van der Waals surface area contributed by atoms with Crippen LogP contribution in [0, 0.1) is 13.8 Å². The van der Waals surface area contributed by atoms with Crippen LogP contribution in [0.15, 0.2) is 36.4 Å². The molecule has 0 atom stereocenters. The van der Waals surface area contributed by atoms with Gasteiger partial charge in [0.15, 0.2) is 0 Å². The number of aromatic carboxylic acids is 1. The van der Waals surface area contributed by atoms with Crippen molar-refractivity contribution in [3.05, 3.63) is 63.7 Å². The van der Waals surface area contributed by atoms with Gasteiger partial charge in [-0.15, -0.1) is 0 Å². The zero-order valence-corrected chi connectivity index (χ0v) is 12.4. The summed E-state index contributed by atoms with van der Waals surface area (Å²) in [6.07, 6.45) is 0. The molecule has 108 valence electrons. The van der Waals surface area contributed by atoms with Gasteiger partial charge in [-0.3, -0.25) is 4.79 Å². The van der Waals surface area contributed by atoms with E-state index in [-0.39, 0.29) is 16.5 Å². The summed E-state index contributed by atoms with van der Waals surface area (Å²) in [4.78, 5) is 23.0. The summed E-state index contributed by atoms with van der Waals surface area (Å²) in [5.41, 5.74) is 3.13. The van der Waals surface area contributed by atoms with E-state index in [1.807, 2.05) is 19.9 Å². The van der Waals surface area contributed by atoms with Crippen LogP contribution in [0.5, 0.6) is 0 Å². The molecule has 5 heteroatoms. The molecule has 0 aromatic heterocycles. The molecular weight excluding hydrogens is 290 g/mol. The minimum absolute atomic E-state index is 0.000783. The molecule has 0 fully saturated rings. The lowest BCUT2D eigenvalue weighted by molar-refractivity contribution is 0.0697. The lowest BCUT2D eigenvalue weighted by atomic mass is 10.1. The standard InChI is InChI=1S/C16H14ClNO3/c1-9-3-4-11(7-10(9)2)15(19)18-12-5-6-13(16(20)21)14(17)8-12/h3-8H,1-2H3,(H,18,19)(H,20,21). The Morgan fingerprint density at radius 1 is 1.05 bits per heavy atom. The highest BCUT2D eigenvalue weighted by atomic mass is 35.5. The summed E-state index contributed by atoms with van der Waals surface area (Å²) in [6, 6.07) is 9.71. The van der Waals surface area contributed by atoms with Crippen molar-refractivity contribution < 1.29 is 14.7 Å². The number of nitrogens with one attached hydrogen (secondary N) is 1. The molecule has 0 saturated carbocycles. The van der Waals surface area contributed by atoms with E-state index in [4.69, 9.17) is 16.7 Å². The van der Waals surface area contributed by atoms with Gasteiger partial charge < -0.3 is 10.4 Å². The molecule has 0 heterocycles. The minimum atomic E-state index is -1.10. The molecule has 0 radical (unpaired) electrons. The predicted molar refractivity (Wildman–Crippen MR) is 82.3 cm³/mol. The molecule has 0 aliphatic rings. The predicted octanol–water partition coefficient (Wildman–Crippen LogP) is 3.91. The molecule has 21 heavy (non-hydrogen) atoms. The Morgan fingerprint density at radius 3 is 2.33 bits per heavy atom. The maximum atomic E-state index is 12.1. The molecule has 0 aliphatic heterocycles. The second kappa shape index (κ2) is 5.97. The highest BCUT2D eigenvalue weighted by Gasteiger charge is 2.11. The van der Waals surface area contributed by atoms with E-state index in [1.165, 1.54) is 18.2 Å². The Kier molecular flexibility index (Phi) is 4.29. The van der Waals surface area contributed by atoms with E-state index in [9.17, 15) is 9.59 Å². The third-order valence-corrected chi connectivity index (χ3v) is 3.54. The van der Waals surface area contributed by atoms with Crippen LogP contribution >= 0.6 is 11.6 Å². The third kappa shape index (κ3) is 3.41. The zero-order chi connectivity index (χ0) is 15.6. The Morgan fingerprint density at radius 2 is 1.76 bits per heavy atom. The van der Waals surface area contributed by atoms with Crippen LogP contribution in [0.3, 0.4) is 0 Å². The molecule has 2 rings (SSSR count). The van der Waals surface area contributed by atoms with E-state index >= 15 is 0 Å². The number of anilines is 1. The van der Waals surface area contributed by atoms with Crippen LogP contribution in [-0.2, 0) is 0 Å². The number of halogens is 1. The second-order valence-corrected chi connectivity index (χ2v) is 5.16. The number of rotatable bonds is 3. The highest BCUT2D eigenvalue weighted by molar-refractivity contribution is 6.33. The zero-order valence-electron chi connectivity index (χ0n) is 11.6. The molecule has 0 aliphatic carbocycles. The van der Waals surface area contributed by atoms with Crippen LogP contribution in [0.4, 0.5) is 5.69 Å². The van der Waals surface area contributed by atoms with Gasteiger partial charge in [0.1, 0.15) is 0 Å². The van der Waals surface area contributed by atoms with Crippen molar-refractivity contribution in [3.8, 4) is 0 Å². The summed E-state index contributed by atoms with van der Waals surface area (Å²) in [7, 11) is 0. The second-order valence-electron chi connectivity index (χ2n) is 4.75. The first-order valence-electron chi connectivity index (χ1n) is 6.30. The van der Waals surface area contributed by atoms with Crippen LogP contribution < -0.4 is 5.32 Å². The minimum Gasteiger partial charge on any atom is -0.478 e. The summed E-state index contributed by atoms with van der Waals surface area (Å²) in [5.74, 6) is -1.37. The van der Waals surface area contributed by atoms with Crippen molar-refractivity contribution in [1.82, 2.24) is 0 Å². The van der Waals surface area contributed by atoms with Crippen molar-refractivity contribution in [2.45, 2.75) is 13.8 Å². The topological polar surface area (TPSA) is 66.4 Å². The van der Waals surface area contributed by atoms with Gasteiger partial charge in [0.2, 0.25) is 0 Å². The van der Waals surface area contributed by atoms with Crippen molar-refractivity contribution in [3.63, 3.8) is 0 Å². The Bertz CT molecular complexity index is 725. The Labute approximate surface area is 127 Å². The summed E-state index contributed by atoms with van der Waals surface area (Å²) < 4.78 is 0. The number of carbonyl (C=O) groups excluding carboxylic acids is 1. The van der Waals surface area contributed by atoms with E-state index in [0.717, 1.165) is 11.1 Å². The van der Waals surface area contributed by atoms with E-state index in [2.05, 4.69) is 5.32 Å². The first-order valence-corrected chi connectivity index (χ1v) is 6.67. The molecular formula is C16H14ClNO3. The number of hydrogen-bond acceptors (Lipinski definition) is 2. The fourth-order valence-electron chi connectivity index (χ4n) is 1.85. The largest absolute Gasteiger partial charge is 0.478 e. The van der Waals surface area contributed by atoms with Crippen LogP contribution in [0.2, 0.25) is 5.02 Å². The number of carbonyl (C=O) groups is 2. The van der Waals surface area contributed by atoms with Crippen molar-refractivity contribution in [2.24, 2.45) is 0 Å². The lowest BCUT2D eigenvalue weighted by Gasteiger charge is -2.08. The van der Waals surface area contributed by atoms with E-state index < -0.39 is 5.97 Å². The molecule has 2 aromatic carbocycles. The quantitative estimate of drug-likeness (QED) is 0.903. The van der Waals surface area contributed by atoms with Gasteiger partial charge in [0, 0.05) is 11.3 Å². The lowest BCUT2D eigenvalue weighted by Crippen LogP contribution is -2.12. The fourth-order valence-corrected chi connectivity index (χ4v) is 2.11. The molecule has 0 unspecified atom stereocenters. The number of carboxylic acids is 1. The molecule has 2 N–H and O–H groups in total. The number of amides is 1. The first-order chi connectivity index (χ1) is 9.88. The van der Waals surface area contributed by atoms with Crippen LogP contribution in [0.25, 0.3) is 0 Å². The molecule has 1 amide bonds. The first kappa shape index (κ1) is 15.1. The summed E-state index contributed by atoms with van der Waals surface area (Å²) >= 11 is 5.87. The molecule has 0 spiro atoms. The average molecular weight is 304 g/mol. The Hall–Kier alpha value is -2.33. The van der Waals surface area contributed by atoms with Gasteiger partial charge in [-0.25, -0.2) is 4.79 Å². The number of carboxylic acid groups (broad SMARTS) is 1. The third-order valence-electron chi connectivity index (χ3n) is 3.23. The number of aryl methyl sites for hydroxylation is 2. The average Bonchev–Trinajstić information content (AvgIpc) is 2.41. The SMILES string of the molecule is Cc1ccc(C(=O)Nc2ccc(C(=O)O)c(Cl)c2)cc1C. The number of benzene rings is 2.